The third kappa shape index (κ3) is 11.0. The summed E-state index contributed by atoms with van der Waals surface area (Å²) >= 11 is 0. The quantitative estimate of drug-likeness (QED) is 0.0706. The van der Waals surface area contributed by atoms with Gasteiger partial charge in [-0.25, -0.2) is 4.98 Å². The fraction of sp³-hybridized carbons (Fsp3) is 0.447. The van der Waals surface area contributed by atoms with Crippen molar-refractivity contribution in [3.63, 3.8) is 0 Å². The Morgan fingerprint density at radius 2 is 1.75 bits per heavy atom. The number of amides is 5. The van der Waals surface area contributed by atoms with Crippen molar-refractivity contribution in [3.8, 4) is 11.8 Å². The van der Waals surface area contributed by atoms with Crippen LogP contribution in [0, 0.1) is 23.7 Å². The van der Waals surface area contributed by atoms with E-state index in [2.05, 4.69) is 49.4 Å². The molecular weight excluding hydrogens is 762 g/mol. The van der Waals surface area contributed by atoms with Gasteiger partial charge in [0.25, 0.3) is 11.8 Å². The number of carbonyl (C=O) groups excluding carboxylic acids is 5. The number of aromatic nitrogens is 1. The normalized spacial score (nSPS) is 19.4. The zero-order chi connectivity index (χ0) is 41.8. The SMILES string of the molecule is O=C(/C=C/c1ccc(F)nc1)NCCCCC1CCN(C(=O)c2ccc(N3CCN(CCCCCC#Cc4cccc5c4CN(C4CCC(=O)NC4=O)C5=O)CC3)cc2)C1. The van der Waals surface area contributed by atoms with Crippen LogP contribution >= 0.6 is 0 Å². The van der Waals surface area contributed by atoms with E-state index in [4.69, 9.17) is 0 Å². The summed E-state index contributed by atoms with van der Waals surface area (Å²) < 4.78 is 12.9. The van der Waals surface area contributed by atoms with Crippen LogP contribution in [0.15, 0.2) is 66.9 Å². The van der Waals surface area contributed by atoms with Gasteiger partial charge in [-0.3, -0.25) is 34.2 Å². The third-order valence-electron chi connectivity index (χ3n) is 12.0. The molecule has 12 nitrogen and oxygen atoms in total. The van der Waals surface area contributed by atoms with E-state index in [9.17, 15) is 28.4 Å². The van der Waals surface area contributed by atoms with Crippen LogP contribution in [0.1, 0.15) is 102 Å². The lowest BCUT2D eigenvalue weighted by Crippen LogP contribution is -2.52. The Bertz CT molecular complexity index is 2120. The van der Waals surface area contributed by atoms with Crippen molar-refractivity contribution in [1.29, 1.82) is 0 Å². The highest BCUT2D eigenvalue weighted by atomic mass is 19.1. The van der Waals surface area contributed by atoms with E-state index in [1.165, 1.54) is 18.3 Å². The van der Waals surface area contributed by atoms with Crippen LogP contribution in [0.5, 0.6) is 0 Å². The summed E-state index contributed by atoms with van der Waals surface area (Å²) in [7, 11) is 0. The molecule has 2 N–H and O–H groups in total. The zero-order valence-electron chi connectivity index (χ0n) is 34.2. The number of nitrogens with zero attached hydrogens (tertiary/aromatic N) is 5. The molecular formula is C47H54FN7O5. The van der Waals surface area contributed by atoms with Gasteiger partial charge in [0.1, 0.15) is 6.04 Å². The van der Waals surface area contributed by atoms with Gasteiger partial charge in [0.05, 0.1) is 0 Å². The average molecular weight is 816 g/mol. The molecule has 0 bridgehead atoms. The molecule has 0 saturated carbocycles. The largest absolute Gasteiger partial charge is 0.369 e. The van der Waals surface area contributed by atoms with Crippen LogP contribution < -0.4 is 15.5 Å². The monoisotopic (exact) mass is 815 g/mol. The van der Waals surface area contributed by atoms with Gasteiger partial charge in [-0.05, 0) is 117 Å². The molecule has 5 amide bonds. The number of halogens is 1. The Kier molecular flexibility index (Phi) is 14.4. The maximum absolute atomic E-state index is 13.3. The van der Waals surface area contributed by atoms with Gasteiger partial charge in [0.2, 0.25) is 23.7 Å². The highest BCUT2D eigenvalue weighted by molar-refractivity contribution is 6.05. The van der Waals surface area contributed by atoms with Crippen molar-refractivity contribution >= 4 is 41.3 Å². The number of hydrogen-bond donors (Lipinski definition) is 2. The second-order valence-corrected chi connectivity index (χ2v) is 16.2. The van der Waals surface area contributed by atoms with Crippen LogP contribution in [0.2, 0.25) is 0 Å². The smallest absolute Gasteiger partial charge is 0.255 e. The van der Waals surface area contributed by atoms with Crippen molar-refractivity contribution in [2.75, 3.05) is 57.3 Å². The molecule has 0 radical (unpaired) electrons. The number of imide groups is 1. The van der Waals surface area contributed by atoms with Crippen molar-refractivity contribution in [1.82, 2.24) is 30.3 Å². The average Bonchev–Trinajstić information content (AvgIpc) is 3.87. The van der Waals surface area contributed by atoms with Crippen LogP contribution in [0.3, 0.4) is 0 Å². The summed E-state index contributed by atoms with van der Waals surface area (Å²) in [6.45, 7) is 7.42. The first-order valence-electron chi connectivity index (χ1n) is 21.4. The standard InChI is InChI=1S/C47H54FN7O5/c48-42-20-13-34(31-50-42)14-21-43(56)49-24-6-5-9-35-23-26-54(32-35)46(59)37-15-17-38(18-16-37)53-29-27-52(28-30-53)25-7-3-1-2-4-10-36-11-8-12-39-40(36)33-55(47(39)60)41-19-22-44(57)51-45(41)58/h8,11-18,20-21,31,35,41H,1-3,5-7,9,19,22-30,32-33H2,(H,49,56)(H,51,57,58)/b21-14+. The Balaban J connectivity index is 0.746. The molecule has 0 spiro atoms. The number of anilines is 1. The van der Waals surface area contributed by atoms with Gasteiger partial charge in [-0.2, -0.15) is 4.39 Å². The van der Waals surface area contributed by atoms with Gasteiger partial charge in [-0.15, -0.1) is 0 Å². The summed E-state index contributed by atoms with van der Waals surface area (Å²) in [5.74, 6) is 5.52. The topological polar surface area (TPSA) is 135 Å². The molecule has 3 aromatic rings. The van der Waals surface area contributed by atoms with Gasteiger partial charge in [0, 0.05) is 99.9 Å². The number of carbonyl (C=O) groups is 5. The number of benzene rings is 2. The highest BCUT2D eigenvalue weighted by Crippen LogP contribution is 2.30. The summed E-state index contributed by atoms with van der Waals surface area (Å²) in [6, 6.07) is 15.8. The van der Waals surface area contributed by atoms with Gasteiger partial charge >= 0.3 is 0 Å². The predicted octanol–water partition coefficient (Wildman–Crippen LogP) is 5.18. The van der Waals surface area contributed by atoms with Crippen LogP contribution in [0.4, 0.5) is 10.1 Å². The van der Waals surface area contributed by atoms with Gasteiger partial charge in [0.15, 0.2) is 0 Å². The molecule has 0 aliphatic carbocycles. The molecule has 314 valence electrons. The molecule has 2 unspecified atom stereocenters. The molecule has 13 heteroatoms. The molecule has 2 atom stereocenters. The number of pyridine rings is 1. The first-order chi connectivity index (χ1) is 29.2. The number of piperidine rings is 1. The summed E-state index contributed by atoms with van der Waals surface area (Å²) in [5, 5.41) is 5.24. The minimum Gasteiger partial charge on any atom is -0.369 e. The molecule has 60 heavy (non-hydrogen) atoms. The lowest BCUT2D eigenvalue weighted by atomic mass is 10.0. The summed E-state index contributed by atoms with van der Waals surface area (Å²) in [4.78, 5) is 74.5. The molecule has 2 aromatic carbocycles. The Labute approximate surface area is 351 Å². The minimum absolute atomic E-state index is 0.0914. The van der Waals surface area contributed by atoms with E-state index in [0.717, 1.165) is 120 Å². The Morgan fingerprint density at radius 1 is 0.917 bits per heavy atom. The minimum atomic E-state index is -0.630. The number of fused-ring (bicyclic) bond motifs is 1. The molecule has 3 saturated heterocycles. The van der Waals surface area contributed by atoms with E-state index >= 15 is 0 Å². The molecule has 7 rings (SSSR count). The number of piperazine rings is 1. The third-order valence-corrected chi connectivity index (χ3v) is 12.0. The second-order valence-electron chi connectivity index (χ2n) is 16.2. The van der Waals surface area contributed by atoms with Crippen molar-refractivity contribution in [2.24, 2.45) is 5.92 Å². The number of likely N-dealkylation sites (tertiary alicyclic amines) is 1. The number of hydrogen-bond acceptors (Lipinski definition) is 8. The Morgan fingerprint density at radius 3 is 2.53 bits per heavy atom. The lowest BCUT2D eigenvalue weighted by molar-refractivity contribution is -0.137. The first kappa shape index (κ1) is 42.3. The lowest BCUT2D eigenvalue weighted by Gasteiger charge is -2.36. The maximum atomic E-state index is 13.3. The fourth-order valence-corrected chi connectivity index (χ4v) is 8.55. The van der Waals surface area contributed by atoms with Crippen molar-refractivity contribution in [3.05, 3.63) is 101 Å². The van der Waals surface area contributed by atoms with Crippen molar-refractivity contribution < 1.29 is 28.4 Å². The highest BCUT2D eigenvalue weighted by Gasteiger charge is 2.39. The van der Waals surface area contributed by atoms with E-state index in [1.54, 1.807) is 23.1 Å². The number of nitrogens with one attached hydrogen (secondary N) is 2. The number of unbranched alkanes of at least 4 members (excludes halogenated alkanes) is 4. The van der Waals surface area contributed by atoms with Gasteiger partial charge in [-0.1, -0.05) is 30.7 Å². The van der Waals surface area contributed by atoms with Crippen LogP contribution in [-0.2, 0) is 20.9 Å². The Hall–Kier alpha value is -5.87. The fourth-order valence-electron chi connectivity index (χ4n) is 8.55. The first-order valence-corrected chi connectivity index (χ1v) is 21.4. The zero-order valence-corrected chi connectivity index (χ0v) is 34.2. The summed E-state index contributed by atoms with van der Waals surface area (Å²) in [5.41, 5.74) is 4.82. The predicted molar refractivity (Wildman–Crippen MR) is 227 cm³/mol. The molecule has 4 aliphatic rings. The molecule has 3 fully saturated rings. The number of rotatable bonds is 15. The second kappa shape index (κ2) is 20.4. The molecule has 1 aromatic heterocycles. The van der Waals surface area contributed by atoms with Crippen LogP contribution in [0.25, 0.3) is 6.08 Å². The van der Waals surface area contributed by atoms with Crippen LogP contribution in [-0.4, -0.2) is 108 Å². The molecule has 4 aliphatic heterocycles. The van der Waals surface area contributed by atoms with E-state index in [1.807, 2.05) is 29.2 Å². The summed E-state index contributed by atoms with van der Waals surface area (Å²) in [6.07, 6.45) is 12.9. The molecule has 5 heterocycles. The van der Waals surface area contributed by atoms with Crippen molar-refractivity contribution in [2.45, 2.75) is 76.8 Å². The van der Waals surface area contributed by atoms with E-state index in [-0.39, 0.29) is 30.0 Å². The van der Waals surface area contributed by atoms with E-state index < -0.39 is 17.9 Å². The maximum Gasteiger partial charge on any atom is 0.255 e. The van der Waals surface area contributed by atoms with Gasteiger partial charge < -0.3 is 20.0 Å². The van der Waals surface area contributed by atoms with E-state index in [0.29, 0.717) is 36.6 Å².